The van der Waals surface area contributed by atoms with Crippen molar-refractivity contribution in [3.05, 3.63) is 70.6 Å². The highest BCUT2D eigenvalue weighted by Gasteiger charge is 2.10. The highest BCUT2D eigenvalue weighted by atomic mass is 32.1. The number of non-ortho nitro benzene ring substituents is 1. The Bertz CT molecular complexity index is 1060. The summed E-state index contributed by atoms with van der Waals surface area (Å²) in [6.45, 7) is 0.642. The van der Waals surface area contributed by atoms with Gasteiger partial charge >= 0.3 is 0 Å². The van der Waals surface area contributed by atoms with Crippen LogP contribution in [-0.4, -0.2) is 21.4 Å². The van der Waals surface area contributed by atoms with Gasteiger partial charge < -0.3 is 9.73 Å². The van der Waals surface area contributed by atoms with Crippen LogP contribution in [-0.2, 0) is 6.42 Å². The number of oxazole rings is 1. The highest BCUT2D eigenvalue weighted by molar-refractivity contribution is 7.22. The van der Waals surface area contributed by atoms with Crippen molar-refractivity contribution in [1.82, 2.24) is 9.97 Å². The van der Waals surface area contributed by atoms with Crippen molar-refractivity contribution in [2.75, 3.05) is 11.9 Å². The summed E-state index contributed by atoms with van der Waals surface area (Å²) in [5.74, 6) is 0.605. The minimum absolute atomic E-state index is 0.0729. The quantitative estimate of drug-likeness (QED) is 0.398. The summed E-state index contributed by atoms with van der Waals surface area (Å²) in [7, 11) is 0. The number of hydrogen-bond donors (Lipinski definition) is 1. The Balaban J connectivity index is 1.40. The fourth-order valence-electron chi connectivity index (χ4n) is 2.54. The Hall–Kier alpha value is -3.26. The third-order valence-corrected chi connectivity index (χ3v) is 4.79. The molecular weight excluding hydrogens is 352 g/mol. The molecule has 0 saturated carbocycles. The standard InChI is InChI=1S/C18H14N4O3S/c23-22(24)14-6-7-15-16(10-14)26-18(21-15)19-9-8-13-11-25-17(20-13)12-4-2-1-3-5-12/h1-7,10-11H,8-9H2,(H,19,21). The van der Waals surface area contributed by atoms with E-state index in [1.807, 2.05) is 30.3 Å². The van der Waals surface area contributed by atoms with E-state index in [9.17, 15) is 10.1 Å². The number of anilines is 1. The number of thiazole rings is 1. The van der Waals surface area contributed by atoms with Gasteiger partial charge in [-0.15, -0.1) is 0 Å². The lowest BCUT2D eigenvalue weighted by Crippen LogP contribution is -2.04. The highest BCUT2D eigenvalue weighted by Crippen LogP contribution is 2.29. The second-order valence-corrected chi connectivity index (χ2v) is 6.65. The van der Waals surface area contributed by atoms with E-state index >= 15 is 0 Å². The third-order valence-electron chi connectivity index (χ3n) is 3.81. The Kier molecular flexibility index (Phi) is 4.32. The summed E-state index contributed by atoms with van der Waals surface area (Å²) < 4.78 is 6.31. The van der Waals surface area contributed by atoms with Gasteiger partial charge in [0.15, 0.2) is 5.13 Å². The first kappa shape index (κ1) is 16.2. The molecule has 0 bridgehead atoms. The Morgan fingerprint density at radius 2 is 2.00 bits per heavy atom. The van der Waals surface area contributed by atoms with Crippen LogP contribution >= 0.6 is 11.3 Å². The van der Waals surface area contributed by atoms with E-state index < -0.39 is 4.92 Å². The molecule has 0 spiro atoms. The molecule has 8 heteroatoms. The Morgan fingerprint density at radius 3 is 2.81 bits per heavy atom. The molecule has 0 saturated heterocycles. The van der Waals surface area contributed by atoms with Crippen molar-refractivity contribution < 1.29 is 9.34 Å². The maximum absolute atomic E-state index is 10.8. The third kappa shape index (κ3) is 3.40. The predicted octanol–water partition coefficient (Wildman–Crippen LogP) is 4.51. The van der Waals surface area contributed by atoms with E-state index in [4.69, 9.17) is 4.42 Å². The lowest BCUT2D eigenvalue weighted by molar-refractivity contribution is -0.384. The van der Waals surface area contributed by atoms with Crippen molar-refractivity contribution in [1.29, 1.82) is 0 Å². The van der Waals surface area contributed by atoms with Crippen molar-refractivity contribution in [2.24, 2.45) is 0 Å². The van der Waals surface area contributed by atoms with E-state index in [1.54, 1.807) is 18.4 Å². The molecule has 2 aromatic carbocycles. The number of fused-ring (bicyclic) bond motifs is 1. The van der Waals surface area contributed by atoms with Gasteiger partial charge in [-0.05, 0) is 18.2 Å². The fraction of sp³-hybridized carbons (Fsp3) is 0.111. The molecule has 1 N–H and O–H groups in total. The summed E-state index contributed by atoms with van der Waals surface area (Å²) in [6, 6.07) is 14.4. The first-order valence-corrected chi connectivity index (χ1v) is 8.79. The predicted molar refractivity (Wildman–Crippen MR) is 100 cm³/mol. The van der Waals surface area contributed by atoms with E-state index in [0.717, 1.165) is 26.6 Å². The van der Waals surface area contributed by atoms with Gasteiger partial charge in [-0.1, -0.05) is 29.5 Å². The van der Waals surface area contributed by atoms with Crippen LogP contribution in [0.15, 0.2) is 59.2 Å². The SMILES string of the molecule is O=[N+]([O-])c1ccc2nc(NCCc3coc(-c4ccccc4)n3)sc2c1. The molecule has 2 heterocycles. The topological polar surface area (TPSA) is 94.1 Å². The molecule has 0 aliphatic carbocycles. The number of nitrogens with zero attached hydrogens (tertiary/aromatic N) is 3. The van der Waals surface area contributed by atoms with Crippen LogP contribution in [0.5, 0.6) is 0 Å². The van der Waals surface area contributed by atoms with Crippen molar-refractivity contribution >= 4 is 32.4 Å². The molecule has 0 amide bonds. The number of nitro benzene ring substituents is 1. The lowest BCUT2D eigenvalue weighted by atomic mass is 10.2. The fourth-order valence-corrected chi connectivity index (χ4v) is 3.46. The van der Waals surface area contributed by atoms with Gasteiger partial charge in [0.1, 0.15) is 6.26 Å². The molecule has 4 rings (SSSR count). The van der Waals surface area contributed by atoms with Gasteiger partial charge in [-0.3, -0.25) is 10.1 Å². The average molecular weight is 366 g/mol. The van der Waals surface area contributed by atoms with Crippen LogP contribution < -0.4 is 5.32 Å². The molecule has 0 atom stereocenters. The molecule has 4 aromatic rings. The van der Waals surface area contributed by atoms with Crippen LogP contribution in [0.4, 0.5) is 10.8 Å². The number of nitro groups is 1. The van der Waals surface area contributed by atoms with Crippen LogP contribution in [0.2, 0.25) is 0 Å². The summed E-state index contributed by atoms with van der Waals surface area (Å²) in [5.41, 5.74) is 2.62. The van der Waals surface area contributed by atoms with Gasteiger partial charge in [-0.25, -0.2) is 9.97 Å². The largest absolute Gasteiger partial charge is 0.444 e. The normalized spacial score (nSPS) is 10.9. The molecule has 130 valence electrons. The van der Waals surface area contributed by atoms with Gasteiger partial charge in [0.2, 0.25) is 5.89 Å². The van der Waals surface area contributed by atoms with Crippen LogP contribution in [0.3, 0.4) is 0 Å². The molecular formula is C18H14N4O3S. The summed E-state index contributed by atoms with van der Waals surface area (Å²) >= 11 is 1.40. The Labute approximate surface area is 152 Å². The van der Waals surface area contributed by atoms with Gasteiger partial charge in [0, 0.05) is 30.7 Å². The van der Waals surface area contributed by atoms with E-state index in [2.05, 4.69) is 15.3 Å². The van der Waals surface area contributed by atoms with Crippen molar-refractivity contribution in [3.8, 4) is 11.5 Å². The van der Waals surface area contributed by atoms with E-state index in [1.165, 1.54) is 17.4 Å². The van der Waals surface area contributed by atoms with Crippen LogP contribution in [0.1, 0.15) is 5.69 Å². The number of hydrogen-bond acceptors (Lipinski definition) is 7. The van der Waals surface area contributed by atoms with Crippen LogP contribution in [0.25, 0.3) is 21.7 Å². The zero-order chi connectivity index (χ0) is 17.9. The molecule has 26 heavy (non-hydrogen) atoms. The Morgan fingerprint density at radius 1 is 1.15 bits per heavy atom. The summed E-state index contributed by atoms with van der Waals surface area (Å²) in [5, 5.41) is 14.8. The zero-order valence-corrected chi connectivity index (χ0v) is 14.4. The number of nitrogens with one attached hydrogen (secondary N) is 1. The minimum atomic E-state index is -0.402. The number of benzene rings is 2. The van der Waals surface area contributed by atoms with Crippen LogP contribution in [0, 0.1) is 10.1 Å². The number of aromatic nitrogens is 2. The molecule has 0 aliphatic heterocycles. The van der Waals surface area contributed by atoms with Gasteiger partial charge in [0.05, 0.1) is 20.8 Å². The minimum Gasteiger partial charge on any atom is -0.444 e. The van der Waals surface area contributed by atoms with E-state index in [-0.39, 0.29) is 5.69 Å². The molecule has 0 fully saturated rings. The van der Waals surface area contributed by atoms with Gasteiger partial charge in [0.25, 0.3) is 5.69 Å². The molecule has 0 unspecified atom stereocenters. The zero-order valence-electron chi connectivity index (χ0n) is 13.6. The smallest absolute Gasteiger partial charge is 0.270 e. The lowest BCUT2D eigenvalue weighted by Gasteiger charge is -1.99. The summed E-state index contributed by atoms with van der Waals surface area (Å²) in [4.78, 5) is 19.4. The maximum Gasteiger partial charge on any atom is 0.270 e. The maximum atomic E-state index is 10.8. The van der Waals surface area contributed by atoms with Crippen molar-refractivity contribution in [3.63, 3.8) is 0 Å². The molecule has 0 radical (unpaired) electrons. The second kappa shape index (κ2) is 6.93. The van der Waals surface area contributed by atoms with Crippen molar-refractivity contribution in [2.45, 2.75) is 6.42 Å². The van der Waals surface area contributed by atoms with E-state index in [0.29, 0.717) is 18.9 Å². The molecule has 2 aromatic heterocycles. The summed E-state index contributed by atoms with van der Waals surface area (Å²) in [6.07, 6.45) is 2.35. The monoisotopic (exact) mass is 366 g/mol. The molecule has 7 nitrogen and oxygen atoms in total. The average Bonchev–Trinajstić information content (AvgIpc) is 3.28. The second-order valence-electron chi connectivity index (χ2n) is 5.61. The van der Waals surface area contributed by atoms with Gasteiger partial charge in [-0.2, -0.15) is 0 Å². The molecule has 0 aliphatic rings. The number of rotatable bonds is 6. The first-order valence-electron chi connectivity index (χ1n) is 7.98. The first-order chi connectivity index (χ1) is 12.7.